The summed E-state index contributed by atoms with van der Waals surface area (Å²) < 4.78 is 5.21. The van der Waals surface area contributed by atoms with Crippen molar-refractivity contribution in [1.29, 1.82) is 0 Å². The van der Waals surface area contributed by atoms with E-state index in [1.54, 1.807) is 11.3 Å². The van der Waals surface area contributed by atoms with Gasteiger partial charge in [0.1, 0.15) is 0 Å². The van der Waals surface area contributed by atoms with E-state index in [0.29, 0.717) is 6.54 Å². The van der Waals surface area contributed by atoms with Crippen LogP contribution in [0.5, 0.6) is 0 Å². The van der Waals surface area contributed by atoms with Crippen LogP contribution < -0.4 is 11.4 Å². The summed E-state index contributed by atoms with van der Waals surface area (Å²) in [5.74, 6) is 0. The van der Waals surface area contributed by atoms with E-state index in [1.165, 1.54) is 21.2 Å². The van der Waals surface area contributed by atoms with Crippen LogP contribution >= 0.6 is 11.3 Å². The molecule has 0 spiro atoms. The van der Waals surface area contributed by atoms with Crippen molar-refractivity contribution in [2.45, 2.75) is 44.8 Å². The highest BCUT2D eigenvalue weighted by Gasteiger charge is 2.27. The number of aromatic nitrogens is 2. The van der Waals surface area contributed by atoms with Crippen LogP contribution in [0.1, 0.15) is 36.4 Å². The Labute approximate surface area is 161 Å². The summed E-state index contributed by atoms with van der Waals surface area (Å²) in [4.78, 5) is 13.4. The van der Waals surface area contributed by atoms with Gasteiger partial charge in [0.2, 0.25) is 0 Å². The van der Waals surface area contributed by atoms with Crippen molar-refractivity contribution in [3.63, 3.8) is 0 Å². The number of hydrogen-bond acceptors (Lipinski definition) is 3. The third-order valence-electron chi connectivity index (χ3n) is 5.89. The van der Waals surface area contributed by atoms with E-state index in [1.807, 2.05) is 21.3 Å². The number of hydrogen-bond donors (Lipinski definition) is 1. The smallest absolute Gasteiger partial charge is 0.328 e. The SMILES string of the molecule is Cc1cccc2scc(Cn3c(=O)n([C@H]4CC[C@@H](N)C4)c4ccccc43)c12. The molecule has 2 aromatic heterocycles. The van der Waals surface area contributed by atoms with Crippen molar-refractivity contribution in [2.24, 2.45) is 5.73 Å². The van der Waals surface area contributed by atoms with Crippen molar-refractivity contribution in [3.05, 3.63) is 69.5 Å². The van der Waals surface area contributed by atoms with E-state index in [0.717, 1.165) is 30.3 Å². The normalized spacial score (nSPS) is 20.1. The summed E-state index contributed by atoms with van der Waals surface area (Å²) in [6, 6.07) is 15.0. The molecule has 138 valence electrons. The van der Waals surface area contributed by atoms with Crippen LogP contribution in [0, 0.1) is 6.92 Å². The second-order valence-corrected chi connectivity index (χ2v) is 8.57. The molecule has 1 aliphatic carbocycles. The average Bonchev–Trinajstić information content (AvgIpc) is 3.34. The van der Waals surface area contributed by atoms with E-state index in [4.69, 9.17) is 5.73 Å². The molecule has 1 saturated carbocycles. The lowest BCUT2D eigenvalue weighted by molar-refractivity contribution is 0.498. The number of aryl methyl sites for hydroxylation is 1. The fourth-order valence-electron chi connectivity index (χ4n) is 4.59. The van der Waals surface area contributed by atoms with Gasteiger partial charge in [-0.1, -0.05) is 24.3 Å². The predicted octanol–water partition coefficient (Wildman–Crippen LogP) is 4.43. The zero-order valence-corrected chi connectivity index (χ0v) is 16.2. The molecule has 1 aliphatic rings. The number of thiophene rings is 1. The van der Waals surface area contributed by atoms with Crippen LogP contribution in [-0.2, 0) is 6.54 Å². The molecule has 27 heavy (non-hydrogen) atoms. The number of benzene rings is 2. The first-order chi connectivity index (χ1) is 13.1. The predicted molar refractivity (Wildman–Crippen MR) is 113 cm³/mol. The molecule has 2 N–H and O–H groups in total. The molecule has 5 heteroatoms. The number of para-hydroxylation sites is 2. The Morgan fingerprint density at radius 1 is 1.11 bits per heavy atom. The minimum absolute atomic E-state index is 0.0863. The van der Waals surface area contributed by atoms with E-state index in [9.17, 15) is 4.79 Å². The molecule has 0 radical (unpaired) electrons. The largest absolute Gasteiger partial charge is 0.329 e. The second-order valence-electron chi connectivity index (χ2n) is 7.66. The average molecular weight is 378 g/mol. The summed E-state index contributed by atoms with van der Waals surface area (Å²) in [5.41, 5.74) is 10.7. The fourth-order valence-corrected chi connectivity index (χ4v) is 5.62. The molecular weight excluding hydrogens is 354 g/mol. The first-order valence-corrected chi connectivity index (χ1v) is 10.4. The third-order valence-corrected chi connectivity index (χ3v) is 6.89. The molecule has 2 heterocycles. The topological polar surface area (TPSA) is 53.0 Å². The van der Waals surface area contributed by atoms with Gasteiger partial charge in [0.15, 0.2) is 0 Å². The maximum Gasteiger partial charge on any atom is 0.329 e. The van der Waals surface area contributed by atoms with Crippen molar-refractivity contribution < 1.29 is 0 Å². The quantitative estimate of drug-likeness (QED) is 0.574. The van der Waals surface area contributed by atoms with E-state index in [2.05, 4.69) is 42.6 Å². The summed E-state index contributed by atoms with van der Waals surface area (Å²) >= 11 is 1.75. The maximum atomic E-state index is 13.4. The Balaban J connectivity index is 1.67. The molecule has 4 aromatic rings. The van der Waals surface area contributed by atoms with E-state index < -0.39 is 0 Å². The molecule has 2 atom stereocenters. The number of nitrogens with zero attached hydrogens (tertiary/aromatic N) is 2. The Hall–Kier alpha value is -2.37. The highest BCUT2D eigenvalue weighted by molar-refractivity contribution is 7.17. The lowest BCUT2D eigenvalue weighted by Gasteiger charge is -2.11. The molecule has 0 saturated heterocycles. The van der Waals surface area contributed by atoms with Gasteiger partial charge in [-0.25, -0.2) is 4.79 Å². The monoisotopic (exact) mass is 377 g/mol. The van der Waals surface area contributed by atoms with Crippen molar-refractivity contribution in [3.8, 4) is 0 Å². The Morgan fingerprint density at radius 3 is 2.70 bits per heavy atom. The van der Waals surface area contributed by atoms with Gasteiger partial charge in [0, 0.05) is 22.2 Å². The summed E-state index contributed by atoms with van der Waals surface area (Å²) in [7, 11) is 0. The summed E-state index contributed by atoms with van der Waals surface area (Å²) in [6.45, 7) is 2.75. The van der Waals surface area contributed by atoms with Gasteiger partial charge < -0.3 is 5.73 Å². The van der Waals surface area contributed by atoms with Gasteiger partial charge in [-0.2, -0.15) is 0 Å². The van der Waals surface area contributed by atoms with Crippen molar-refractivity contribution in [2.75, 3.05) is 0 Å². The van der Waals surface area contributed by atoms with Gasteiger partial charge in [-0.05, 0) is 60.9 Å². The standard InChI is InChI=1S/C22H23N3OS/c1-14-5-4-8-20-21(14)15(13-27-20)12-24-18-6-2-3-7-19(18)25(22(24)26)17-10-9-16(23)11-17/h2-8,13,16-17H,9-12,23H2,1H3/t16-,17+/m1/s1. The van der Waals surface area contributed by atoms with Gasteiger partial charge in [-0.3, -0.25) is 9.13 Å². The number of imidazole rings is 1. The number of fused-ring (bicyclic) bond motifs is 2. The fraction of sp³-hybridized carbons (Fsp3) is 0.318. The number of rotatable bonds is 3. The van der Waals surface area contributed by atoms with Crippen LogP contribution in [0.25, 0.3) is 21.1 Å². The molecule has 2 aromatic carbocycles. The molecule has 5 rings (SSSR count). The first kappa shape index (κ1) is 16.8. The minimum Gasteiger partial charge on any atom is -0.328 e. The highest BCUT2D eigenvalue weighted by atomic mass is 32.1. The molecule has 0 amide bonds. The zero-order valence-electron chi connectivity index (χ0n) is 15.4. The molecule has 4 nitrogen and oxygen atoms in total. The van der Waals surface area contributed by atoms with Gasteiger partial charge in [-0.15, -0.1) is 11.3 Å². The lowest BCUT2D eigenvalue weighted by Crippen LogP contribution is -2.27. The van der Waals surface area contributed by atoms with Gasteiger partial charge in [0.25, 0.3) is 0 Å². The van der Waals surface area contributed by atoms with Crippen LogP contribution in [0.15, 0.2) is 52.6 Å². The van der Waals surface area contributed by atoms with Crippen LogP contribution in [0.3, 0.4) is 0 Å². The van der Waals surface area contributed by atoms with Crippen LogP contribution in [-0.4, -0.2) is 15.2 Å². The zero-order chi connectivity index (χ0) is 18.5. The Kier molecular flexibility index (Phi) is 3.95. The van der Waals surface area contributed by atoms with Crippen molar-refractivity contribution >= 4 is 32.5 Å². The summed E-state index contributed by atoms with van der Waals surface area (Å²) in [6.07, 6.45) is 2.86. The Bertz CT molecular complexity index is 1200. The van der Waals surface area contributed by atoms with Gasteiger partial charge in [0.05, 0.1) is 17.6 Å². The minimum atomic E-state index is 0.0863. The van der Waals surface area contributed by atoms with E-state index in [-0.39, 0.29) is 17.8 Å². The van der Waals surface area contributed by atoms with Crippen LogP contribution in [0.2, 0.25) is 0 Å². The maximum absolute atomic E-state index is 13.4. The molecular formula is C22H23N3OS. The van der Waals surface area contributed by atoms with Crippen LogP contribution in [0.4, 0.5) is 0 Å². The van der Waals surface area contributed by atoms with E-state index >= 15 is 0 Å². The third kappa shape index (κ3) is 2.65. The molecule has 0 aliphatic heterocycles. The lowest BCUT2D eigenvalue weighted by atomic mass is 10.1. The Morgan fingerprint density at radius 2 is 1.93 bits per heavy atom. The molecule has 1 fully saturated rings. The molecule has 0 unspecified atom stereocenters. The highest BCUT2D eigenvalue weighted by Crippen LogP contribution is 2.32. The van der Waals surface area contributed by atoms with Gasteiger partial charge >= 0.3 is 5.69 Å². The molecule has 0 bridgehead atoms. The number of nitrogens with two attached hydrogens (primary N) is 1. The van der Waals surface area contributed by atoms with Crippen molar-refractivity contribution in [1.82, 2.24) is 9.13 Å². The summed E-state index contributed by atoms with van der Waals surface area (Å²) in [5, 5.41) is 3.48. The first-order valence-electron chi connectivity index (χ1n) is 9.54. The second kappa shape index (κ2) is 6.36.